The summed E-state index contributed by atoms with van der Waals surface area (Å²) in [6.45, 7) is 0.466. The lowest BCUT2D eigenvalue weighted by molar-refractivity contribution is 0.582. The Balaban J connectivity index is 0.00000264. The molecule has 1 aliphatic carbocycles. The molecule has 0 atom stereocenters. The van der Waals surface area contributed by atoms with E-state index in [-0.39, 0.29) is 42.0 Å². The highest BCUT2D eigenvalue weighted by molar-refractivity contribution is 14.0. The molecule has 0 heterocycles. The average Bonchev–Trinajstić information content (AvgIpc) is 2.96. The zero-order valence-corrected chi connectivity index (χ0v) is 16.6. The lowest BCUT2D eigenvalue weighted by Crippen LogP contribution is -2.39. The first-order chi connectivity index (χ1) is 10.5. The molecule has 0 aliphatic heterocycles. The highest BCUT2D eigenvalue weighted by atomic mass is 127. The van der Waals surface area contributed by atoms with Crippen LogP contribution in [0.2, 0.25) is 5.02 Å². The second kappa shape index (κ2) is 9.65. The van der Waals surface area contributed by atoms with E-state index in [4.69, 9.17) is 17.3 Å². The Kier molecular flexibility index (Phi) is 8.59. The third kappa shape index (κ3) is 6.82. The molecule has 23 heavy (non-hydrogen) atoms. The largest absolute Gasteiger partial charge is 0.370 e. The van der Waals surface area contributed by atoms with Gasteiger partial charge in [0.15, 0.2) is 5.96 Å². The molecule has 0 amide bonds. The van der Waals surface area contributed by atoms with E-state index in [9.17, 15) is 8.42 Å². The SMILES string of the molecule is I.NC(=NCCNS(=O)(=O)c1cccc(Cl)c1)NC1CCCC1. The molecule has 0 radical (unpaired) electrons. The van der Waals surface area contributed by atoms with E-state index in [0.717, 1.165) is 12.8 Å². The van der Waals surface area contributed by atoms with Gasteiger partial charge in [-0.15, -0.1) is 24.0 Å². The van der Waals surface area contributed by atoms with Crippen molar-refractivity contribution in [3.63, 3.8) is 0 Å². The van der Waals surface area contributed by atoms with Gasteiger partial charge in [0, 0.05) is 17.6 Å². The molecule has 0 saturated heterocycles. The monoisotopic (exact) mass is 472 g/mol. The van der Waals surface area contributed by atoms with Gasteiger partial charge < -0.3 is 11.1 Å². The molecule has 0 aromatic heterocycles. The van der Waals surface area contributed by atoms with Crippen molar-refractivity contribution >= 4 is 51.6 Å². The van der Waals surface area contributed by atoms with Crippen LogP contribution >= 0.6 is 35.6 Å². The molecular formula is C14H22ClIN4O2S. The summed E-state index contributed by atoms with van der Waals surface area (Å²) in [5.74, 6) is 0.369. The second-order valence-electron chi connectivity index (χ2n) is 5.25. The lowest BCUT2D eigenvalue weighted by Gasteiger charge is -2.12. The van der Waals surface area contributed by atoms with Gasteiger partial charge in [0.2, 0.25) is 10.0 Å². The fourth-order valence-electron chi connectivity index (χ4n) is 2.40. The van der Waals surface area contributed by atoms with Gasteiger partial charge in [-0.25, -0.2) is 13.1 Å². The molecule has 4 N–H and O–H groups in total. The number of hydrogen-bond donors (Lipinski definition) is 3. The highest BCUT2D eigenvalue weighted by Gasteiger charge is 2.15. The van der Waals surface area contributed by atoms with Gasteiger partial charge in [-0.2, -0.15) is 0 Å². The van der Waals surface area contributed by atoms with Crippen molar-refractivity contribution in [2.45, 2.75) is 36.6 Å². The Morgan fingerprint density at radius 3 is 2.70 bits per heavy atom. The molecule has 130 valence electrons. The number of sulfonamides is 1. The molecule has 6 nitrogen and oxygen atoms in total. The third-order valence-corrected chi connectivity index (χ3v) is 5.19. The van der Waals surface area contributed by atoms with Crippen molar-refractivity contribution in [2.75, 3.05) is 13.1 Å². The van der Waals surface area contributed by atoms with Gasteiger partial charge in [-0.3, -0.25) is 4.99 Å². The van der Waals surface area contributed by atoms with E-state index in [1.54, 1.807) is 12.1 Å². The average molecular weight is 473 g/mol. The highest BCUT2D eigenvalue weighted by Crippen LogP contribution is 2.17. The number of nitrogens with one attached hydrogen (secondary N) is 2. The minimum Gasteiger partial charge on any atom is -0.370 e. The van der Waals surface area contributed by atoms with Crippen molar-refractivity contribution in [1.82, 2.24) is 10.0 Å². The van der Waals surface area contributed by atoms with Crippen LogP contribution in [-0.4, -0.2) is 33.5 Å². The van der Waals surface area contributed by atoms with Gasteiger partial charge >= 0.3 is 0 Å². The molecule has 0 bridgehead atoms. The molecule has 1 aromatic rings. The van der Waals surface area contributed by atoms with Crippen LogP contribution < -0.4 is 15.8 Å². The smallest absolute Gasteiger partial charge is 0.240 e. The second-order valence-corrected chi connectivity index (χ2v) is 7.45. The molecule has 1 saturated carbocycles. The fourth-order valence-corrected chi connectivity index (χ4v) is 3.72. The third-order valence-electron chi connectivity index (χ3n) is 3.50. The van der Waals surface area contributed by atoms with Crippen LogP contribution in [0.3, 0.4) is 0 Å². The first-order valence-corrected chi connectivity index (χ1v) is 9.15. The Bertz CT molecular complexity index is 633. The summed E-state index contributed by atoms with van der Waals surface area (Å²) in [5, 5.41) is 3.53. The van der Waals surface area contributed by atoms with Crippen LogP contribution in [-0.2, 0) is 10.0 Å². The number of guanidine groups is 1. The Morgan fingerprint density at radius 2 is 2.04 bits per heavy atom. The van der Waals surface area contributed by atoms with Crippen molar-refractivity contribution in [3.8, 4) is 0 Å². The number of halogens is 2. The standard InChI is InChI=1S/C14H21ClN4O2S.HI/c15-11-4-3-7-13(10-11)22(20,21)18-9-8-17-14(16)19-12-5-1-2-6-12;/h3-4,7,10,12,18H,1-2,5-6,8-9H2,(H3,16,17,19);1H. The lowest BCUT2D eigenvalue weighted by atomic mass is 10.2. The number of nitrogens with two attached hydrogens (primary N) is 1. The molecule has 0 unspecified atom stereocenters. The first kappa shape index (κ1) is 20.5. The van der Waals surface area contributed by atoms with Crippen LogP contribution in [0.1, 0.15) is 25.7 Å². The van der Waals surface area contributed by atoms with E-state index in [1.807, 2.05) is 0 Å². The predicted octanol–water partition coefficient (Wildman–Crippen LogP) is 2.08. The summed E-state index contributed by atoms with van der Waals surface area (Å²) in [7, 11) is -3.57. The van der Waals surface area contributed by atoms with Gasteiger partial charge in [0.1, 0.15) is 0 Å². The first-order valence-electron chi connectivity index (χ1n) is 7.29. The van der Waals surface area contributed by atoms with Gasteiger partial charge in [-0.1, -0.05) is 30.5 Å². The molecule has 2 rings (SSSR count). The molecule has 1 aliphatic rings. The van der Waals surface area contributed by atoms with Crippen LogP contribution in [0, 0.1) is 0 Å². The van der Waals surface area contributed by atoms with Crippen LogP contribution in [0.25, 0.3) is 0 Å². The van der Waals surface area contributed by atoms with Crippen molar-refractivity contribution in [3.05, 3.63) is 29.3 Å². The minimum atomic E-state index is -3.57. The quantitative estimate of drug-likeness (QED) is 0.256. The summed E-state index contributed by atoms with van der Waals surface area (Å²) < 4.78 is 26.6. The zero-order chi connectivity index (χ0) is 16.0. The van der Waals surface area contributed by atoms with Crippen molar-refractivity contribution in [1.29, 1.82) is 0 Å². The van der Waals surface area contributed by atoms with E-state index < -0.39 is 10.0 Å². The summed E-state index contributed by atoms with van der Waals surface area (Å²) in [5.41, 5.74) is 5.78. The number of hydrogen-bond acceptors (Lipinski definition) is 3. The van der Waals surface area contributed by atoms with E-state index in [2.05, 4.69) is 15.0 Å². The van der Waals surface area contributed by atoms with Gasteiger partial charge in [0.25, 0.3) is 0 Å². The van der Waals surface area contributed by atoms with E-state index >= 15 is 0 Å². The fraction of sp³-hybridized carbons (Fsp3) is 0.500. The maximum atomic E-state index is 12.0. The normalized spacial score (nSPS) is 16.1. The van der Waals surface area contributed by atoms with Crippen molar-refractivity contribution < 1.29 is 8.42 Å². The summed E-state index contributed by atoms with van der Waals surface area (Å²) in [4.78, 5) is 4.27. The Morgan fingerprint density at radius 1 is 1.35 bits per heavy atom. The summed E-state index contributed by atoms with van der Waals surface area (Å²) in [6.07, 6.45) is 4.64. The molecule has 1 fully saturated rings. The topological polar surface area (TPSA) is 96.6 Å². The van der Waals surface area contributed by atoms with Crippen LogP contribution in [0.5, 0.6) is 0 Å². The Hall–Kier alpha value is -0.580. The molecule has 9 heteroatoms. The number of benzene rings is 1. The van der Waals surface area contributed by atoms with Crippen LogP contribution in [0.15, 0.2) is 34.2 Å². The van der Waals surface area contributed by atoms with Gasteiger partial charge in [0.05, 0.1) is 11.4 Å². The molecule has 1 aromatic carbocycles. The number of nitrogens with zero attached hydrogens (tertiary/aromatic N) is 1. The zero-order valence-electron chi connectivity index (χ0n) is 12.7. The molecular weight excluding hydrogens is 451 g/mol. The Labute approximate surface area is 159 Å². The van der Waals surface area contributed by atoms with Crippen LogP contribution in [0.4, 0.5) is 0 Å². The minimum absolute atomic E-state index is 0. The maximum absolute atomic E-state index is 12.0. The number of rotatable bonds is 6. The summed E-state index contributed by atoms with van der Waals surface area (Å²) >= 11 is 5.80. The molecule has 0 spiro atoms. The van der Waals surface area contributed by atoms with Crippen molar-refractivity contribution in [2.24, 2.45) is 10.7 Å². The maximum Gasteiger partial charge on any atom is 0.240 e. The van der Waals surface area contributed by atoms with E-state index in [0.29, 0.717) is 17.0 Å². The van der Waals surface area contributed by atoms with Gasteiger partial charge in [-0.05, 0) is 31.0 Å². The number of aliphatic imine (C=N–C) groups is 1. The van der Waals surface area contributed by atoms with E-state index in [1.165, 1.54) is 25.0 Å². The summed E-state index contributed by atoms with van der Waals surface area (Å²) in [6, 6.07) is 6.52. The predicted molar refractivity (Wildman–Crippen MR) is 104 cm³/mol.